The summed E-state index contributed by atoms with van der Waals surface area (Å²) in [5.41, 5.74) is -2.62. The van der Waals surface area contributed by atoms with E-state index in [2.05, 4.69) is 20.8 Å². The molecule has 0 aromatic heterocycles. The molecule has 8 N–H and O–H groups in total. The van der Waals surface area contributed by atoms with Crippen LogP contribution >= 0.6 is 0 Å². The molecule has 0 bridgehead atoms. The van der Waals surface area contributed by atoms with Crippen molar-refractivity contribution in [1.82, 2.24) is 0 Å². The first kappa shape index (κ1) is 42.1. The Labute approximate surface area is 314 Å². The number of methoxy groups -OCH3 is 2. The van der Waals surface area contributed by atoms with Crippen molar-refractivity contribution in [2.45, 2.75) is 171 Å². The smallest absolute Gasteiger partial charge is 0.186 e. The molecular weight excluding hydrogens is 692 g/mol. The predicted octanol–water partition coefficient (Wildman–Crippen LogP) is 0.702. The molecule has 4 aliphatic carbocycles. The molecule has 2 saturated heterocycles. The maximum absolute atomic E-state index is 12.7. The number of hydrogen-bond acceptors (Lipinski definition) is 14. The van der Waals surface area contributed by atoms with Crippen LogP contribution in [0.15, 0.2) is 0 Å². The van der Waals surface area contributed by atoms with E-state index in [0.29, 0.717) is 38.5 Å². The van der Waals surface area contributed by atoms with E-state index in [-0.39, 0.29) is 48.9 Å². The van der Waals surface area contributed by atoms with Crippen LogP contribution in [0.1, 0.15) is 86.0 Å². The molecule has 308 valence electrons. The van der Waals surface area contributed by atoms with Gasteiger partial charge in [-0.3, -0.25) is 0 Å². The highest BCUT2D eigenvalue weighted by molar-refractivity contribution is 5.23. The highest BCUT2D eigenvalue weighted by atomic mass is 16.8. The van der Waals surface area contributed by atoms with Crippen LogP contribution in [0.2, 0.25) is 0 Å². The Morgan fingerprint density at radius 3 is 2.08 bits per heavy atom. The molecule has 0 amide bonds. The zero-order valence-corrected chi connectivity index (χ0v) is 32.6. The van der Waals surface area contributed by atoms with Gasteiger partial charge < -0.3 is 69.3 Å². The lowest BCUT2D eigenvalue weighted by Gasteiger charge is -2.67. The number of aliphatic hydroxyl groups excluding tert-OH is 7. The van der Waals surface area contributed by atoms with Gasteiger partial charge in [-0.25, -0.2) is 0 Å². The van der Waals surface area contributed by atoms with Crippen LogP contribution < -0.4 is 0 Å². The Morgan fingerprint density at radius 2 is 1.42 bits per heavy atom. The van der Waals surface area contributed by atoms with Crippen LogP contribution in [-0.2, 0) is 28.4 Å². The highest BCUT2D eigenvalue weighted by Gasteiger charge is 2.73. The van der Waals surface area contributed by atoms with E-state index in [1.165, 1.54) is 14.2 Å². The largest absolute Gasteiger partial charge is 0.393 e. The molecule has 0 radical (unpaired) electrons. The van der Waals surface area contributed by atoms with Crippen molar-refractivity contribution in [3.8, 4) is 0 Å². The molecule has 0 spiro atoms. The molecule has 2 aliphatic heterocycles. The minimum absolute atomic E-state index is 0.0115. The molecule has 14 heteroatoms. The Hall–Kier alpha value is -0.560. The van der Waals surface area contributed by atoms with Gasteiger partial charge in [-0.1, -0.05) is 34.6 Å². The second kappa shape index (κ2) is 16.0. The van der Waals surface area contributed by atoms with E-state index in [4.69, 9.17) is 28.4 Å². The van der Waals surface area contributed by atoms with Gasteiger partial charge >= 0.3 is 0 Å². The summed E-state index contributed by atoms with van der Waals surface area (Å²) in [6, 6.07) is 0. The van der Waals surface area contributed by atoms with E-state index in [1.54, 1.807) is 0 Å². The van der Waals surface area contributed by atoms with Crippen molar-refractivity contribution >= 4 is 0 Å². The summed E-state index contributed by atoms with van der Waals surface area (Å²) in [5, 5.41) is 90.1. The maximum Gasteiger partial charge on any atom is 0.186 e. The zero-order chi connectivity index (χ0) is 38.8. The molecule has 53 heavy (non-hydrogen) atoms. The van der Waals surface area contributed by atoms with Crippen LogP contribution in [0, 0.1) is 46.3 Å². The quantitative estimate of drug-likeness (QED) is 0.146. The van der Waals surface area contributed by atoms with Gasteiger partial charge in [0.2, 0.25) is 0 Å². The van der Waals surface area contributed by atoms with Crippen molar-refractivity contribution in [3.63, 3.8) is 0 Å². The second-order valence-corrected chi connectivity index (χ2v) is 18.3. The van der Waals surface area contributed by atoms with Gasteiger partial charge in [0.15, 0.2) is 12.6 Å². The molecule has 21 atom stereocenters. The summed E-state index contributed by atoms with van der Waals surface area (Å²) in [5.74, 6) is -1.06. The Kier molecular flexibility index (Phi) is 12.7. The number of aliphatic hydroxyl groups is 8. The van der Waals surface area contributed by atoms with E-state index >= 15 is 0 Å². The van der Waals surface area contributed by atoms with Crippen molar-refractivity contribution in [1.29, 1.82) is 0 Å². The van der Waals surface area contributed by atoms with E-state index < -0.39 is 96.0 Å². The second-order valence-electron chi connectivity index (χ2n) is 18.3. The van der Waals surface area contributed by atoms with E-state index in [9.17, 15) is 40.9 Å². The molecule has 6 aliphatic rings. The standard InChI is InChI=1S/C39H68O14/c1-18(2)25(52-36-32(31(49-7)24(42)16-50-36)53-35-30(45)29(44)26(48-6)17-51-35)9-8-19(3)21-15-23(41)33-38(21,5)13-11-27-37(4)12-10-20(40)14-22(37)28(43)34(46)39(27,33)47/h18-36,40-47H,8-17H2,1-7H3/t19-,20+,21-,22?,23+,24+,25+,26-,27?,28-,29+,30-,31-,32+,33?,34-,35+,36-,37+,38-,39+/m1/s1. The summed E-state index contributed by atoms with van der Waals surface area (Å²) >= 11 is 0. The first-order valence-corrected chi connectivity index (χ1v) is 20.0. The summed E-state index contributed by atoms with van der Waals surface area (Å²) in [6.45, 7) is 10.4. The molecule has 0 aromatic carbocycles. The zero-order valence-electron chi connectivity index (χ0n) is 32.6. The lowest BCUT2D eigenvalue weighted by Crippen LogP contribution is -2.75. The lowest BCUT2D eigenvalue weighted by atomic mass is 9.41. The molecule has 6 rings (SSSR count). The minimum atomic E-state index is -1.66. The molecule has 4 saturated carbocycles. The van der Waals surface area contributed by atoms with Crippen molar-refractivity contribution in [2.75, 3.05) is 27.4 Å². The summed E-state index contributed by atoms with van der Waals surface area (Å²) in [4.78, 5) is 0. The fourth-order valence-corrected chi connectivity index (χ4v) is 12.3. The van der Waals surface area contributed by atoms with Gasteiger partial charge in [0.1, 0.15) is 48.3 Å². The summed E-state index contributed by atoms with van der Waals surface area (Å²) < 4.78 is 35.3. The monoisotopic (exact) mass is 760 g/mol. The maximum atomic E-state index is 12.7. The SMILES string of the molecule is CO[C@H]1[C@H](O[C@@H]2OC[C@@H](OC)[C@H](O)[C@H]2O)[C@@H](O[C@@H](CC[C@@H](C)[C@H]2C[C@H](O)C3[C@@]4(O)C(CC[C@@]32C)[C@@]2(C)CC[C@H](O)CC2[C@@H](O)[C@H]4O)C(C)C)OC[C@@H]1O. The summed E-state index contributed by atoms with van der Waals surface area (Å²) in [6.07, 6.45) is -7.94. The van der Waals surface area contributed by atoms with Crippen LogP contribution in [-0.4, -0.2) is 154 Å². The minimum Gasteiger partial charge on any atom is -0.393 e. The Bertz CT molecular complexity index is 1230. The number of fused-ring (bicyclic) bond motifs is 5. The van der Waals surface area contributed by atoms with Crippen LogP contribution in [0.5, 0.6) is 0 Å². The predicted molar refractivity (Wildman–Crippen MR) is 189 cm³/mol. The van der Waals surface area contributed by atoms with Gasteiger partial charge in [0.05, 0.1) is 37.6 Å². The molecule has 6 fully saturated rings. The van der Waals surface area contributed by atoms with Crippen LogP contribution in [0.3, 0.4) is 0 Å². The molecular formula is C39H68O14. The van der Waals surface area contributed by atoms with Crippen molar-refractivity contribution in [2.24, 2.45) is 46.3 Å². The third-order valence-corrected chi connectivity index (χ3v) is 15.2. The average Bonchev–Trinajstić information content (AvgIpc) is 3.40. The fourth-order valence-electron chi connectivity index (χ4n) is 12.3. The van der Waals surface area contributed by atoms with Gasteiger partial charge in [0.25, 0.3) is 0 Å². The van der Waals surface area contributed by atoms with Gasteiger partial charge in [-0.05, 0) is 91.8 Å². The fraction of sp³-hybridized carbons (Fsp3) is 1.00. The Balaban J connectivity index is 1.15. The van der Waals surface area contributed by atoms with Crippen LogP contribution in [0.4, 0.5) is 0 Å². The van der Waals surface area contributed by atoms with Gasteiger partial charge in [-0.15, -0.1) is 0 Å². The van der Waals surface area contributed by atoms with Gasteiger partial charge in [0, 0.05) is 20.1 Å². The molecule has 2 heterocycles. The first-order valence-electron chi connectivity index (χ1n) is 20.0. The third kappa shape index (κ3) is 7.17. The normalized spacial score (nSPS) is 52.8. The summed E-state index contributed by atoms with van der Waals surface area (Å²) in [7, 11) is 2.86. The van der Waals surface area contributed by atoms with E-state index in [0.717, 1.165) is 12.8 Å². The molecule has 0 aromatic rings. The topological polar surface area (TPSA) is 217 Å². The Morgan fingerprint density at radius 1 is 0.736 bits per heavy atom. The third-order valence-electron chi connectivity index (χ3n) is 15.2. The van der Waals surface area contributed by atoms with Gasteiger partial charge in [-0.2, -0.15) is 0 Å². The molecule has 3 unspecified atom stereocenters. The van der Waals surface area contributed by atoms with Crippen molar-refractivity contribution in [3.05, 3.63) is 0 Å². The lowest BCUT2D eigenvalue weighted by molar-refractivity contribution is -0.352. The molecule has 14 nitrogen and oxygen atoms in total. The van der Waals surface area contributed by atoms with Crippen molar-refractivity contribution < 1.29 is 69.3 Å². The first-order chi connectivity index (χ1) is 24.9. The van der Waals surface area contributed by atoms with Crippen LogP contribution in [0.25, 0.3) is 0 Å². The van der Waals surface area contributed by atoms with E-state index in [1.807, 2.05) is 13.8 Å². The number of hydrogen-bond donors (Lipinski definition) is 8. The average molecular weight is 761 g/mol. The number of ether oxygens (including phenoxy) is 6. The number of rotatable bonds is 11. The highest BCUT2D eigenvalue weighted by Crippen LogP contribution is 2.69.